The molecule has 0 bridgehead atoms. The highest BCUT2D eigenvalue weighted by Gasteiger charge is 2.30. The molecule has 1 heterocycles. The number of urea groups is 1. The van der Waals surface area contributed by atoms with E-state index in [1.165, 1.54) is 11.1 Å². The molecule has 0 radical (unpaired) electrons. The molecular weight excluding hydrogens is 374 g/mol. The Labute approximate surface area is 180 Å². The van der Waals surface area contributed by atoms with Crippen molar-refractivity contribution in [2.24, 2.45) is 5.92 Å². The van der Waals surface area contributed by atoms with Crippen molar-refractivity contribution in [3.05, 3.63) is 71.8 Å². The molecule has 5 nitrogen and oxygen atoms in total. The van der Waals surface area contributed by atoms with Crippen LogP contribution in [0.1, 0.15) is 43.7 Å². The fourth-order valence-electron chi connectivity index (χ4n) is 4.26. The third kappa shape index (κ3) is 5.41. The molecule has 3 amide bonds. The largest absolute Gasteiger partial charge is 0.343 e. The Morgan fingerprint density at radius 2 is 1.57 bits per heavy atom. The van der Waals surface area contributed by atoms with Gasteiger partial charge in [-0.3, -0.25) is 4.79 Å². The van der Waals surface area contributed by atoms with Crippen LogP contribution in [0.5, 0.6) is 0 Å². The lowest BCUT2D eigenvalue weighted by atomic mass is 9.91. The van der Waals surface area contributed by atoms with Gasteiger partial charge in [0.25, 0.3) is 0 Å². The Kier molecular flexibility index (Phi) is 7.89. The second-order valence-electron chi connectivity index (χ2n) is 7.86. The number of benzene rings is 2. The van der Waals surface area contributed by atoms with Crippen molar-refractivity contribution in [3.8, 4) is 0 Å². The molecule has 2 aromatic rings. The van der Waals surface area contributed by atoms with E-state index in [0.717, 1.165) is 12.8 Å². The zero-order valence-corrected chi connectivity index (χ0v) is 18.1. The first-order valence-electron chi connectivity index (χ1n) is 11.1. The van der Waals surface area contributed by atoms with E-state index < -0.39 is 0 Å². The third-order valence-corrected chi connectivity index (χ3v) is 5.99. The Hall–Kier alpha value is -2.82. The maximum absolute atomic E-state index is 12.9. The van der Waals surface area contributed by atoms with Crippen LogP contribution in [-0.4, -0.2) is 54.5 Å². The van der Waals surface area contributed by atoms with Gasteiger partial charge < -0.3 is 15.1 Å². The SMILES string of the molecule is CCN(CC)C(=O)C1CCCN(C(=O)NCC(c2ccccc2)c2ccccc2)C1. The van der Waals surface area contributed by atoms with Crippen LogP contribution < -0.4 is 5.32 Å². The topological polar surface area (TPSA) is 52.7 Å². The Morgan fingerprint density at radius 3 is 2.10 bits per heavy atom. The van der Waals surface area contributed by atoms with E-state index in [-0.39, 0.29) is 23.8 Å². The first kappa shape index (κ1) is 21.9. The van der Waals surface area contributed by atoms with Gasteiger partial charge in [0.1, 0.15) is 0 Å². The van der Waals surface area contributed by atoms with Gasteiger partial charge in [-0.25, -0.2) is 4.79 Å². The van der Waals surface area contributed by atoms with Crippen LogP contribution in [0.2, 0.25) is 0 Å². The predicted molar refractivity (Wildman–Crippen MR) is 120 cm³/mol. The molecule has 0 aromatic heterocycles. The molecule has 1 aliphatic heterocycles. The molecule has 1 aliphatic rings. The number of rotatable bonds is 7. The highest BCUT2D eigenvalue weighted by atomic mass is 16.2. The summed E-state index contributed by atoms with van der Waals surface area (Å²) in [5.41, 5.74) is 2.36. The minimum absolute atomic E-state index is 0.0797. The summed E-state index contributed by atoms with van der Waals surface area (Å²) >= 11 is 0. The number of hydrogen-bond acceptors (Lipinski definition) is 2. The van der Waals surface area contributed by atoms with Crippen LogP contribution in [0.25, 0.3) is 0 Å². The van der Waals surface area contributed by atoms with E-state index in [1.807, 2.05) is 60.0 Å². The normalized spacial score (nSPS) is 16.4. The molecule has 1 fully saturated rings. The van der Waals surface area contributed by atoms with E-state index in [4.69, 9.17) is 0 Å². The van der Waals surface area contributed by atoms with E-state index in [1.54, 1.807) is 0 Å². The summed E-state index contributed by atoms with van der Waals surface area (Å²) in [4.78, 5) is 29.3. The van der Waals surface area contributed by atoms with Gasteiger partial charge in [-0.05, 0) is 37.8 Å². The Morgan fingerprint density at radius 1 is 1.00 bits per heavy atom. The minimum Gasteiger partial charge on any atom is -0.343 e. The summed E-state index contributed by atoms with van der Waals surface area (Å²) in [6.07, 6.45) is 1.72. The van der Waals surface area contributed by atoms with E-state index in [2.05, 4.69) is 29.6 Å². The highest BCUT2D eigenvalue weighted by molar-refractivity contribution is 5.81. The zero-order chi connectivity index (χ0) is 21.3. The number of carbonyl (C=O) groups excluding carboxylic acids is 2. The quantitative estimate of drug-likeness (QED) is 0.751. The second-order valence-corrected chi connectivity index (χ2v) is 7.86. The third-order valence-electron chi connectivity index (χ3n) is 5.99. The fourth-order valence-corrected chi connectivity index (χ4v) is 4.26. The van der Waals surface area contributed by atoms with Gasteiger partial charge in [0.2, 0.25) is 5.91 Å². The van der Waals surface area contributed by atoms with Crippen molar-refractivity contribution in [3.63, 3.8) is 0 Å². The summed E-state index contributed by atoms with van der Waals surface area (Å²) in [6, 6.07) is 20.4. The predicted octanol–water partition coefficient (Wildman–Crippen LogP) is 4.11. The van der Waals surface area contributed by atoms with Crippen LogP contribution >= 0.6 is 0 Å². The first-order valence-corrected chi connectivity index (χ1v) is 11.1. The van der Waals surface area contributed by atoms with Crippen LogP contribution in [0.4, 0.5) is 4.79 Å². The molecule has 30 heavy (non-hydrogen) atoms. The lowest BCUT2D eigenvalue weighted by Gasteiger charge is -2.34. The molecule has 2 aromatic carbocycles. The summed E-state index contributed by atoms with van der Waals surface area (Å²) in [6.45, 7) is 7.17. The van der Waals surface area contributed by atoms with Crippen molar-refractivity contribution in [1.82, 2.24) is 15.1 Å². The number of likely N-dealkylation sites (tertiary alicyclic amines) is 1. The van der Waals surface area contributed by atoms with Gasteiger partial charge in [0.05, 0.1) is 5.92 Å². The molecule has 0 aliphatic carbocycles. The number of nitrogens with one attached hydrogen (secondary N) is 1. The molecule has 1 N–H and O–H groups in total. The van der Waals surface area contributed by atoms with Crippen molar-refractivity contribution in [2.45, 2.75) is 32.6 Å². The minimum atomic E-state index is -0.0940. The molecular formula is C25H33N3O2. The number of amides is 3. The maximum atomic E-state index is 12.9. The summed E-state index contributed by atoms with van der Waals surface area (Å²) < 4.78 is 0. The zero-order valence-electron chi connectivity index (χ0n) is 18.1. The number of nitrogens with zero attached hydrogens (tertiary/aromatic N) is 2. The van der Waals surface area contributed by atoms with Crippen LogP contribution in [0.15, 0.2) is 60.7 Å². The van der Waals surface area contributed by atoms with Crippen LogP contribution in [0, 0.1) is 5.92 Å². The van der Waals surface area contributed by atoms with Gasteiger partial charge in [-0.15, -0.1) is 0 Å². The standard InChI is InChI=1S/C25H33N3O2/c1-3-27(4-2)24(29)22-16-11-17-28(19-22)25(30)26-18-23(20-12-7-5-8-13-20)21-14-9-6-10-15-21/h5-10,12-15,22-23H,3-4,11,16-19H2,1-2H3,(H,26,30). The molecule has 1 saturated heterocycles. The van der Waals surface area contributed by atoms with Crippen molar-refractivity contribution >= 4 is 11.9 Å². The van der Waals surface area contributed by atoms with E-state index in [9.17, 15) is 9.59 Å². The van der Waals surface area contributed by atoms with Crippen molar-refractivity contribution in [1.29, 1.82) is 0 Å². The summed E-state index contributed by atoms with van der Waals surface area (Å²) in [5, 5.41) is 3.13. The van der Waals surface area contributed by atoms with Gasteiger partial charge >= 0.3 is 6.03 Å². The Balaban J connectivity index is 1.64. The molecule has 1 unspecified atom stereocenters. The Bertz CT molecular complexity index is 766. The summed E-state index contributed by atoms with van der Waals surface area (Å²) in [7, 11) is 0. The molecule has 160 valence electrons. The molecule has 1 atom stereocenters. The molecule has 5 heteroatoms. The summed E-state index contributed by atoms with van der Waals surface area (Å²) in [5.74, 6) is 0.168. The lowest BCUT2D eigenvalue weighted by Crippen LogP contribution is -2.50. The van der Waals surface area contributed by atoms with Crippen LogP contribution in [0.3, 0.4) is 0 Å². The van der Waals surface area contributed by atoms with Crippen LogP contribution in [-0.2, 0) is 4.79 Å². The van der Waals surface area contributed by atoms with Gasteiger partial charge in [-0.2, -0.15) is 0 Å². The molecule has 3 rings (SSSR count). The smallest absolute Gasteiger partial charge is 0.317 e. The number of carbonyl (C=O) groups is 2. The molecule has 0 saturated carbocycles. The molecule has 0 spiro atoms. The maximum Gasteiger partial charge on any atom is 0.317 e. The number of hydrogen-bond donors (Lipinski definition) is 1. The fraction of sp³-hybridized carbons (Fsp3) is 0.440. The highest BCUT2D eigenvalue weighted by Crippen LogP contribution is 2.24. The van der Waals surface area contributed by atoms with Gasteiger partial charge in [-0.1, -0.05) is 60.7 Å². The average molecular weight is 408 g/mol. The first-order chi connectivity index (χ1) is 14.6. The van der Waals surface area contributed by atoms with E-state index >= 15 is 0 Å². The lowest BCUT2D eigenvalue weighted by molar-refractivity contribution is -0.136. The monoisotopic (exact) mass is 407 g/mol. The van der Waals surface area contributed by atoms with Gasteiger partial charge in [0, 0.05) is 38.6 Å². The number of piperidine rings is 1. The van der Waals surface area contributed by atoms with E-state index in [0.29, 0.717) is 32.7 Å². The average Bonchev–Trinajstić information content (AvgIpc) is 2.81. The second kappa shape index (κ2) is 10.8. The van der Waals surface area contributed by atoms with Gasteiger partial charge in [0.15, 0.2) is 0 Å². The van der Waals surface area contributed by atoms with Crippen molar-refractivity contribution < 1.29 is 9.59 Å². The van der Waals surface area contributed by atoms with Crippen molar-refractivity contribution in [2.75, 3.05) is 32.7 Å².